The van der Waals surface area contributed by atoms with Gasteiger partial charge in [0.05, 0.1) is 27.7 Å². The third kappa shape index (κ3) is 3.53. The quantitative estimate of drug-likeness (QED) is 0.492. The second-order valence-electron chi connectivity index (χ2n) is 5.19. The molecule has 0 amide bonds. The average Bonchev–Trinajstić information content (AvgIpc) is 3.01. The van der Waals surface area contributed by atoms with Crippen LogP contribution in [-0.2, 0) is 10.0 Å². The number of hydrogen-bond donors (Lipinski definition) is 1. The summed E-state index contributed by atoms with van der Waals surface area (Å²) in [5, 5.41) is 14.8. The van der Waals surface area contributed by atoms with Crippen LogP contribution in [0.1, 0.15) is 11.1 Å². The summed E-state index contributed by atoms with van der Waals surface area (Å²) in [6, 6.07) is 8.76. The van der Waals surface area contributed by atoms with Crippen LogP contribution in [-0.4, -0.2) is 26.3 Å². The zero-order valence-corrected chi connectivity index (χ0v) is 13.8. The van der Waals surface area contributed by atoms with Crippen molar-refractivity contribution in [2.45, 2.75) is 11.8 Å². The van der Waals surface area contributed by atoms with Crippen molar-refractivity contribution in [3.8, 4) is 11.5 Å². The van der Waals surface area contributed by atoms with Crippen LogP contribution in [0.4, 0.5) is 5.69 Å². The molecule has 3 rings (SSSR count). The normalized spacial score (nSPS) is 13.2. The molecule has 0 spiro atoms. The number of nitro groups is 1. The summed E-state index contributed by atoms with van der Waals surface area (Å²) in [6.45, 7) is 1.80. The van der Waals surface area contributed by atoms with Crippen LogP contribution in [0.5, 0.6) is 11.5 Å². The first-order valence-corrected chi connectivity index (χ1v) is 8.55. The summed E-state index contributed by atoms with van der Waals surface area (Å²) in [7, 11) is -3.87. The first-order valence-electron chi connectivity index (χ1n) is 7.06. The van der Waals surface area contributed by atoms with Gasteiger partial charge in [0.25, 0.3) is 15.7 Å². The number of fused-ring (bicyclic) bond motifs is 1. The molecule has 0 radical (unpaired) electrons. The van der Waals surface area contributed by atoms with E-state index in [1.165, 1.54) is 24.3 Å². The van der Waals surface area contributed by atoms with Crippen molar-refractivity contribution >= 4 is 21.9 Å². The second-order valence-corrected chi connectivity index (χ2v) is 6.85. The lowest BCUT2D eigenvalue weighted by Gasteiger charge is -2.04. The molecule has 1 aliphatic rings. The number of rotatable bonds is 5. The van der Waals surface area contributed by atoms with Gasteiger partial charge in [-0.15, -0.1) is 0 Å². The van der Waals surface area contributed by atoms with Crippen LogP contribution in [0.25, 0.3) is 0 Å². The summed E-state index contributed by atoms with van der Waals surface area (Å²) < 4.78 is 34.5. The van der Waals surface area contributed by atoms with Crippen molar-refractivity contribution in [1.29, 1.82) is 0 Å². The highest BCUT2D eigenvalue weighted by atomic mass is 32.2. The van der Waals surface area contributed by atoms with Gasteiger partial charge in [0.15, 0.2) is 11.5 Å². The minimum atomic E-state index is -3.87. The summed E-state index contributed by atoms with van der Waals surface area (Å²) in [4.78, 5) is 12.6. The van der Waals surface area contributed by atoms with Gasteiger partial charge in [-0.1, -0.05) is 17.7 Å². The number of nitrogens with zero attached hydrogens (tertiary/aromatic N) is 2. The number of nitrogens with one attached hydrogen (secondary N) is 1. The number of benzene rings is 2. The number of hydrazone groups is 1. The third-order valence-corrected chi connectivity index (χ3v) is 4.66. The van der Waals surface area contributed by atoms with Crippen LogP contribution < -0.4 is 14.3 Å². The van der Waals surface area contributed by atoms with Crippen LogP contribution in [0.2, 0.25) is 0 Å². The van der Waals surface area contributed by atoms with Crippen molar-refractivity contribution in [3.05, 3.63) is 57.6 Å². The lowest BCUT2D eigenvalue weighted by atomic mass is 10.1. The maximum absolute atomic E-state index is 12.1. The molecule has 1 aliphatic heterocycles. The molecule has 0 atom stereocenters. The van der Waals surface area contributed by atoms with E-state index in [2.05, 4.69) is 5.10 Å². The van der Waals surface area contributed by atoms with Crippen LogP contribution in [0.15, 0.2) is 46.4 Å². The zero-order chi connectivity index (χ0) is 18.0. The van der Waals surface area contributed by atoms with E-state index in [1.54, 1.807) is 12.1 Å². The molecule has 1 heterocycles. The Labute approximate surface area is 143 Å². The highest BCUT2D eigenvalue weighted by molar-refractivity contribution is 7.89. The van der Waals surface area contributed by atoms with E-state index in [9.17, 15) is 18.5 Å². The molecule has 0 fully saturated rings. The average molecular weight is 363 g/mol. The smallest absolute Gasteiger partial charge is 0.282 e. The van der Waals surface area contributed by atoms with Crippen molar-refractivity contribution < 1.29 is 22.8 Å². The minimum Gasteiger partial charge on any atom is -0.454 e. The maximum Gasteiger partial charge on any atom is 0.282 e. The minimum absolute atomic E-state index is 0.0346. The molecule has 1 N–H and O–H groups in total. The maximum atomic E-state index is 12.1. The molecule has 130 valence electrons. The molecule has 0 saturated heterocycles. The largest absolute Gasteiger partial charge is 0.454 e. The van der Waals surface area contributed by atoms with Gasteiger partial charge in [-0.2, -0.15) is 13.5 Å². The predicted molar refractivity (Wildman–Crippen MR) is 88.3 cm³/mol. The van der Waals surface area contributed by atoms with Gasteiger partial charge >= 0.3 is 0 Å². The first-order chi connectivity index (χ1) is 11.9. The molecule has 2 aromatic rings. The fraction of sp³-hybridized carbons (Fsp3) is 0.133. The van der Waals surface area contributed by atoms with Gasteiger partial charge in [0, 0.05) is 0 Å². The fourth-order valence-electron chi connectivity index (χ4n) is 2.14. The lowest BCUT2D eigenvalue weighted by molar-refractivity contribution is -0.385. The van der Waals surface area contributed by atoms with Crippen molar-refractivity contribution in [2.75, 3.05) is 6.79 Å². The summed E-state index contributed by atoms with van der Waals surface area (Å²) in [5.41, 5.74) is 0.724. The van der Waals surface area contributed by atoms with Crippen molar-refractivity contribution in [1.82, 2.24) is 4.83 Å². The van der Waals surface area contributed by atoms with Gasteiger partial charge < -0.3 is 9.47 Å². The molecule has 0 bridgehead atoms. The Bertz CT molecular complexity index is 954. The van der Waals surface area contributed by atoms with E-state index in [4.69, 9.17) is 9.47 Å². The second kappa shape index (κ2) is 6.40. The highest BCUT2D eigenvalue weighted by Crippen LogP contribution is 2.37. The molecule has 0 saturated carbocycles. The van der Waals surface area contributed by atoms with Gasteiger partial charge in [-0.25, -0.2) is 4.83 Å². The van der Waals surface area contributed by atoms with Gasteiger partial charge in [-0.05, 0) is 25.1 Å². The van der Waals surface area contributed by atoms with Gasteiger partial charge in [-0.3, -0.25) is 10.1 Å². The van der Waals surface area contributed by atoms with Gasteiger partial charge in [0.1, 0.15) is 0 Å². The Balaban J connectivity index is 1.85. The summed E-state index contributed by atoms with van der Waals surface area (Å²) >= 11 is 0. The van der Waals surface area contributed by atoms with Gasteiger partial charge in [0.2, 0.25) is 6.79 Å². The number of ether oxygens (including phenoxy) is 2. The molecule has 0 aromatic heterocycles. The Kier molecular flexibility index (Phi) is 4.28. The Hall–Kier alpha value is -3.14. The SMILES string of the molecule is Cc1ccc(S(=O)(=O)N/N=C/c2cc3c(cc2[N+](=O)[O-])OCO3)cc1. The Morgan fingerprint density at radius 2 is 1.84 bits per heavy atom. The zero-order valence-electron chi connectivity index (χ0n) is 13.0. The highest BCUT2D eigenvalue weighted by Gasteiger charge is 2.22. The number of aryl methyl sites for hydroxylation is 1. The Morgan fingerprint density at radius 3 is 2.48 bits per heavy atom. The molecule has 9 nitrogen and oxygen atoms in total. The fourth-order valence-corrected chi connectivity index (χ4v) is 2.94. The van der Waals surface area contributed by atoms with E-state index in [-0.39, 0.29) is 28.7 Å². The topological polar surface area (TPSA) is 120 Å². The predicted octanol–water partition coefficient (Wildman–Crippen LogP) is 1.94. The first kappa shape index (κ1) is 16.7. The van der Waals surface area contributed by atoms with E-state index < -0.39 is 14.9 Å². The summed E-state index contributed by atoms with van der Waals surface area (Å²) in [5.74, 6) is 0.581. The molecule has 2 aromatic carbocycles. The van der Waals surface area contributed by atoms with Crippen LogP contribution in [0, 0.1) is 17.0 Å². The lowest BCUT2D eigenvalue weighted by Crippen LogP contribution is -2.18. The Morgan fingerprint density at radius 1 is 1.20 bits per heavy atom. The monoisotopic (exact) mass is 363 g/mol. The van der Waals surface area contributed by atoms with E-state index in [1.807, 2.05) is 11.8 Å². The van der Waals surface area contributed by atoms with Crippen LogP contribution in [0.3, 0.4) is 0 Å². The number of hydrogen-bond acceptors (Lipinski definition) is 7. The molecular weight excluding hydrogens is 350 g/mol. The summed E-state index contributed by atoms with van der Waals surface area (Å²) in [6.07, 6.45) is 1.05. The van der Waals surface area contributed by atoms with E-state index in [0.717, 1.165) is 11.8 Å². The molecule has 0 unspecified atom stereocenters. The standard InChI is InChI=1S/C15H13N3O6S/c1-10-2-4-12(5-3-10)25(21,22)17-16-8-11-6-14-15(24-9-23-14)7-13(11)18(19)20/h2-8,17H,9H2,1H3/b16-8+. The van der Waals surface area contributed by atoms with Crippen molar-refractivity contribution in [3.63, 3.8) is 0 Å². The molecular formula is C15H13N3O6S. The molecule has 10 heteroatoms. The number of nitro benzene ring substituents is 1. The number of sulfonamides is 1. The molecule has 25 heavy (non-hydrogen) atoms. The van der Waals surface area contributed by atoms with E-state index >= 15 is 0 Å². The molecule has 0 aliphatic carbocycles. The third-order valence-electron chi connectivity index (χ3n) is 3.43. The van der Waals surface area contributed by atoms with E-state index in [0.29, 0.717) is 5.75 Å². The van der Waals surface area contributed by atoms with Crippen LogP contribution >= 0.6 is 0 Å². The van der Waals surface area contributed by atoms with Crippen molar-refractivity contribution in [2.24, 2.45) is 5.10 Å².